The highest BCUT2D eigenvalue weighted by Crippen LogP contribution is 2.16. The van der Waals surface area contributed by atoms with Crippen LogP contribution in [-0.4, -0.2) is 23.9 Å². The summed E-state index contributed by atoms with van der Waals surface area (Å²) >= 11 is 5.80. The summed E-state index contributed by atoms with van der Waals surface area (Å²) in [6.07, 6.45) is 2.59. The maximum atomic E-state index is 12.1. The van der Waals surface area contributed by atoms with Crippen LogP contribution in [-0.2, 0) is 14.9 Å². The molecule has 128 valence electrons. The molecular weight excluding hydrogens is 368 g/mol. The molecule has 0 fully saturated rings. The largest absolute Gasteiger partial charge is 0.345 e. The van der Waals surface area contributed by atoms with Gasteiger partial charge in [0.15, 0.2) is 0 Å². The number of benzene rings is 1. The van der Waals surface area contributed by atoms with Gasteiger partial charge in [-0.15, -0.1) is 0 Å². The zero-order valence-corrected chi connectivity index (χ0v) is 14.0. The van der Waals surface area contributed by atoms with E-state index in [2.05, 4.69) is 15.6 Å². The number of carbonyl (C=O) groups is 1. The van der Waals surface area contributed by atoms with E-state index in [0.29, 0.717) is 10.8 Å². The van der Waals surface area contributed by atoms with Crippen LogP contribution in [0.3, 0.4) is 0 Å². The van der Waals surface area contributed by atoms with Crippen molar-refractivity contribution in [3.05, 3.63) is 59.4 Å². The Kier molecular flexibility index (Phi) is 5.71. The second kappa shape index (κ2) is 7.76. The number of nitriles is 1. The van der Waals surface area contributed by atoms with Crippen molar-refractivity contribution in [3.63, 3.8) is 0 Å². The third-order valence-corrected chi connectivity index (χ3v) is 3.93. The van der Waals surface area contributed by atoms with Crippen molar-refractivity contribution in [1.29, 1.82) is 5.26 Å². The molecule has 3 N–H and O–H groups in total. The zero-order valence-electron chi connectivity index (χ0n) is 12.5. The van der Waals surface area contributed by atoms with E-state index in [4.69, 9.17) is 21.4 Å². The predicted octanol–water partition coefficient (Wildman–Crippen LogP) is 2.44. The Morgan fingerprint density at radius 3 is 2.72 bits per heavy atom. The summed E-state index contributed by atoms with van der Waals surface area (Å²) in [5.74, 6) is -0.439. The molecule has 0 aliphatic carbocycles. The van der Waals surface area contributed by atoms with Crippen LogP contribution in [0.4, 0.5) is 11.5 Å². The van der Waals surface area contributed by atoms with Gasteiger partial charge in [-0.05, 0) is 30.3 Å². The topological polar surface area (TPSA) is 132 Å². The summed E-state index contributed by atoms with van der Waals surface area (Å²) < 4.78 is 31.2. The number of pyridine rings is 1. The number of amides is 1. The van der Waals surface area contributed by atoms with Gasteiger partial charge in [-0.2, -0.15) is 13.7 Å². The standard InChI is InChI=1S/C15H11ClN4O4S/c16-11-4-5-18-14(6-11)19-9-10(8-17)15(21)20-12-2-1-3-13(7-12)25(22,23)24/h1-7,9H,(H,18,19)(H,20,21)(H,22,23,24)/b10-9-. The Hall–Kier alpha value is -2.93. The Morgan fingerprint density at radius 2 is 2.08 bits per heavy atom. The molecule has 8 nitrogen and oxygen atoms in total. The van der Waals surface area contributed by atoms with Crippen LogP contribution in [0.2, 0.25) is 5.02 Å². The molecular formula is C15H11ClN4O4S. The fourth-order valence-electron chi connectivity index (χ4n) is 1.71. The zero-order chi connectivity index (χ0) is 18.4. The van der Waals surface area contributed by atoms with Crippen molar-refractivity contribution in [2.75, 3.05) is 10.6 Å². The van der Waals surface area contributed by atoms with Crippen LogP contribution in [0, 0.1) is 11.3 Å². The SMILES string of the molecule is N#C/C(=C/Nc1cc(Cl)ccn1)C(=O)Nc1cccc(S(=O)(=O)O)c1. The van der Waals surface area contributed by atoms with Crippen LogP contribution in [0.5, 0.6) is 0 Å². The second-order valence-electron chi connectivity index (χ2n) is 4.63. The minimum absolute atomic E-state index is 0.0992. The van der Waals surface area contributed by atoms with Gasteiger partial charge < -0.3 is 10.6 Å². The lowest BCUT2D eigenvalue weighted by Crippen LogP contribution is -2.15. The summed E-state index contributed by atoms with van der Waals surface area (Å²) in [6.45, 7) is 0. The van der Waals surface area contributed by atoms with Gasteiger partial charge in [-0.25, -0.2) is 4.98 Å². The highest BCUT2D eigenvalue weighted by molar-refractivity contribution is 7.85. The first-order valence-corrected chi connectivity index (χ1v) is 8.48. The normalized spacial score (nSPS) is 11.5. The Balaban J connectivity index is 2.15. The maximum absolute atomic E-state index is 12.1. The summed E-state index contributed by atoms with van der Waals surface area (Å²) in [4.78, 5) is 15.7. The molecule has 0 spiro atoms. The summed E-state index contributed by atoms with van der Waals surface area (Å²) in [6, 6.07) is 9.75. The summed E-state index contributed by atoms with van der Waals surface area (Å²) in [5.41, 5.74) is -0.179. The molecule has 0 bridgehead atoms. The number of rotatable bonds is 5. The number of carbonyl (C=O) groups excluding carboxylic acids is 1. The number of hydrogen-bond acceptors (Lipinski definition) is 6. The highest BCUT2D eigenvalue weighted by Gasteiger charge is 2.13. The van der Waals surface area contributed by atoms with Crippen molar-refractivity contribution in [2.24, 2.45) is 0 Å². The number of hydrogen-bond donors (Lipinski definition) is 3. The Morgan fingerprint density at radius 1 is 1.32 bits per heavy atom. The fraction of sp³-hybridized carbons (Fsp3) is 0. The van der Waals surface area contributed by atoms with Gasteiger partial charge in [0.25, 0.3) is 16.0 Å². The highest BCUT2D eigenvalue weighted by atomic mass is 35.5. The van der Waals surface area contributed by atoms with Crippen LogP contribution in [0.1, 0.15) is 0 Å². The fourth-order valence-corrected chi connectivity index (χ4v) is 2.40. The van der Waals surface area contributed by atoms with E-state index in [0.717, 1.165) is 12.3 Å². The monoisotopic (exact) mass is 378 g/mol. The van der Waals surface area contributed by atoms with Gasteiger partial charge in [0.2, 0.25) is 0 Å². The Labute approximate surface area is 148 Å². The van der Waals surface area contributed by atoms with E-state index in [1.807, 2.05) is 0 Å². The number of aromatic nitrogens is 1. The first-order valence-electron chi connectivity index (χ1n) is 6.67. The average molecular weight is 379 g/mol. The van der Waals surface area contributed by atoms with Crippen molar-refractivity contribution in [1.82, 2.24) is 4.98 Å². The lowest BCUT2D eigenvalue weighted by Gasteiger charge is -2.06. The number of halogens is 1. The average Bonchev–Trinajstić information content (AvgIpc) is 2.55. The maximum Gasteiger partial charge on any atom is 0.294 e. The van der Waals surface area contributed by atoms with E-state index >= 15 is 0 Å². The number of nitrogens with zero attached hydrogens (tertiary/aromatic N) is 2. The second-order valence-corrected chi connectivity index (χ2v) is 6.49. The molecule has 10 heteroatoms. The minimum atomic E-state index is -4.40. The predicted molar refractivity (Wildman–Crippen MR) is 91.5 cm³/mol. The van der Waals surface area contributed by atoms with E-state index in [9.17, 15) is 13.2 Å². The molecule has 1 aromatic carbocycles. The van der Waals surface area contributed by atoms with Crippen LogP contribution in [0.15, 0.2) is 59.3 Å². The molecule has 25 heavy (non-hydrogen) atoms. The molecule has 0 aliphatic rings. The van der Waals surface area contributed by atoms with Gasteiger partial charge in [0, 0.05) is 23.1 Å². The van der Waals surface area contributed by atoms with Crippen LogP contribution >= 0.6 is 11.6 Å². The lowest BCUT2D eigenvalue weighted by molar-refractivity contribution is -0.112. The molecule has 0 atom stereocenters. The van der Waals surface area contributed by atoms with E-state index in [-0.39, 0.29) is 16.2 Å². The van der Waals surface area contributed by atoms with E-state index in [1.54, 1.807) is 12.1 Å². The third kappa shape index (κ3) is 5.29. The van der Waals surface area contributed by atoms with E-state index in [1.165, 1.54) is 30.5 Å². The lowest BCUT2D eigenvalue weighted by atomic mass is 10.2. The molecule has 2 aromatic rings. The molecule has 2 rings (SSSR count). The Bertz CT molecular complexity index is 983. The van der Waals surface area contributed by atoms with Crippen LogP contribution in [0.25, 0.3) is 0 Å². The quantitative estimate of drug-likeness (QED) is 0.413. The van der Waals surface area contributed by atoms with Crippen molar-refractivity contribution in [2.45, 2.75) is 4.90 Å². The number of anilines is 2. The van der Waals surface area contributed by atoms with E-state index < -0.39 is 16.0 Å². The van der Waals surface area contributed by atoms with Crippen molar-refractivity contribution in [3.8, 4) is 6.07 Å². The van der Waals surface area contributed by atoms with Gasteiger partial charge in [0.1, 0.15) is 17.5 Å². The molecule has 0 radical (unpaired) electrons. The minimum Gasteiger partial charge on any atom is -0.345 e. The van der Waals surface area contributed by atoms with Gasteiger partial charge in [0.05, 0.1) is 4.90 Å². The molecule has 0 unspecified atom stereocenters. The molecule has 0 aliphatic heterocycles. The summed E-state index contributed by atoms with van der Waals surface area (Å²) in [5, 5.41) is 14.5. The molecule has 0 saturated heterocycles. The van der Waals surface area contributed by atoms with Crippen LogP contribution < -0.4 is 10.6 Å². The van der Waals surface area contributed by atoms with Gasteiger partial charge >= 0.3 is 0 Å². The number of nitrogens with one attached hydrogen (secondary N) is 2. The van der Waals surface area contributed by atoms with Gasteiger partial charge in [-0.1, -0.05) is 17.7 Å². The smallest absolute Gasteiger partial charge is 0.294 e. The first-order chi connectivity index (χ1) is 11.8. The van der Waals surface area contributed by atoms with Crippen molar-refractivity contribution >= 4 is 39.1 Å². The molecule has 1 aromatic heterocycles. The summed E-state index contributed by atoms with van der Waals surface area (Å²) in [7, 11) is -4.40. The molecule has 1 heterocycles. The van der Waals surface area contributed by atoms with Crippen molar-refractivity contribution < 1.29 is 17.8 Å². The third-order valence-electron chi connectivity index (χ3n) is 2.84. The van der Waals surface area contributed by atoms with Gasteiger partial charge in [-0.3, -0.25) is 9.35 Å². The molecule has 0 saturated carbocycles. The first kappa shape index (κ1) is 18.4. The molecule has 1 amide bonds.